The molecule has 0 amide bonds. The molecule has 1 rings (SSSR count). The molecule has 0 saturated carbocycles. The Morgan fingerprint density at radius 1 is 1.29 bits per heavy atom. The molecule has 0 N–H and O–H groups in total. The fourth-order valence-corrected chi connectivity index (χ4v) is 1.87. The smallest absolute Gasteiger partial charge is 0.0533 e. The fourth-order valence-electron chi connectivity index (χ4n) is 1.60. The Balaban J connectivity index is 2.93. The summed E-state index contributed by atoms with van der Waals surface area (Å²) in [4.78, 5) is 0. The molecular weight excluding hydrogens is 196 g/mol. The zero-order valence-corrected chi connectivity index (χ0v) is 9.71. The average Bonchev–Trinajstić information content (AvgIpc) is 2.15. The maximum Gasteiger partial charge on any atom is 0.0533 e. The van der Waals surface area contributed by atoms with Gasteiger partial charge in [0, 0.05) is 18.1 Å². The Morgan fingerprint density at radius 3 is 2.43 bits per heavy atom. The number of methoxy groups -OCH3 is 1. The van der Waals surface area contributed by atoms with Crippen molar-refractivity contribution in [1.29, 1.82) is 0 Å². The summed E-state index contributed by atoms with van der Waals surface area (Å²) in [5.41, 5.74) is 1.19. The van der Waals surface area contributed by atoms with Crippen molar-refractivity contribution in [1.82, 2.24) is 0 Å². The molecule has 0 aliphatic rings. The van der Waals surface area contributed by atoms with Gasteiger partial charge in [0.1, 0.15) is 0 Å². The van der Waals surface area contributed by atoms with E-state index in [1.807, 2.05) is 18.2 Å². The number of benzene rings is 1. The zero-order valence-electron chi connectivity index (χ0n) is 8.96. The minimum atomic E-state index is 0.383. The van der Waals surface area contributed by atoms with Gasteiger partial charge in [-0.15, -0.1) is 0 Å². The van der Waals surface area contributed by atoms with Crippen LogP contribution in [0, 0.1) is 5.92 Å². The third-order valence-corrected chi connectivity index (χ3v) is 2.80. The molecule has 2 heteroatoms. The van der Waals surface area contributed by atoms with Crippen LogP contribution in [0.4, 0.5) is 0 Å². The van der Waals surface area contributed by atoms with E-state index in [1.54, 1.807) is 7.11 Å². The van der Waals surface area contributed by atoms with Gasteiger partial charge in [0.25, 0.3) is 0 Å². The molecule has 0 aliphatic carbocycles. The van der Waals surface area contributed by atoms with Crippen LogP contribution in [0.3, 0.4) is 0 Å². The summed E-state index contributed by atoms with van der Waals surface area (Å²) in [7, 11) is 1.73. The van der Waals surface area contributed by atoms with Gasteiger partial charge in [0.15, 0.2) is 0 Å². The van der Waals surface area contributed by atoms with Crippen LogP contribution in [0.2, 0.25) is 5.02 Å². The van der Waals surface area contributed by atoms with Crippen LogP contribution in [0.5, 0.6) is 0 Å². The minimum absolute atomic E-state index is 0.383. The topological polar surface area (TPSA) is 9.23 Å². The van der Waals surface area contributed by atoms with Crippen molar-refractivity contribution in [3.63, 3.8) is 0 Å². The van der Waals surface area contributed by atoms with Crippen LogP contribution in [0.25, 0.3) is 0 Å². The Morgan fingerprint density at radius 2 is 1.93 bits per heavy atom. The predicted octanol–water partition coefficient (Wildman–Crippen LogP) is 3.73. The van der Waals surface area contributed by atoms with E-state index in [-0.39, 0.29) is 0 Å². The van der Waals surface area contributed by atoms with E-state index >= 15 is 0 Å². The van der Waals surface area contributed by atoms with E-state index in [1.165, 1.54) is 5.56 Å². The van der Waals surface area contributed by atoms with Gasteiger partial charge in [-0.2, -0.15) is 0 Å². The molecule has 14 heavy (non-hydrogen) atoms. The molecular formula is C12H17ClO. The highest BCUT2D eigenvalue weighted by Crippen LogP contribution is 2.30. The van der Waals surface area contributed by atoms with Gasteiger partial charge in [0.2, 0.25) is 0 Å². The molecule has 1 aromatic rings. The summed E-state index contributed by atoms with van der Waals surface area (Å²) < 4.78 is 5.22. The molecule has 0 aliphatic heterocycles. The largest absolute Gasteiger partial charge is 0.384 e. The van der Waals surface area contributed by atoms with Crippen molar-refractivity contribution in [2.75, 3.05) is 13.7 Å². The fraction of sp³-hybridized carbons (Fsp3) is 0.500. The van der Waals surface area contributed by atoms with Crippen LogP contribution < -0.4 is 0 Å². The summed E-state index contributed by atoms with van der Waals surface area (Å²) >= 11 is 6.14. The molecule has 1 atom stereocenters. The lowest BCUT2D eigenvalue weighted by Crippen LogP contribution is -2.13. The number of hydrogen-bond donors (Lipinski definition) is 0. The normalized spacial score (nSPS) is 13.2. The Kier molecular flexibility index (Phi) is 4.43. The maximum absolute atomic E-state index is 6.14. The monoisotopic (exact) mass is 212 g/mol. The summed E-state index contributed by atoms with van der Waals surface area (Å²) in [6.45, 7) is 5.10. The van der Waals surface area contributed by atoms with E-state index in [0.29, 0.717) is 11.8 Å². The highest BCUT2D eigenvalue weighted by atomic mass is 35.5. The van der Waals surface area contributed by atoms with Gasteiger partial charge in [-0.3, -0.25) is 0 Å². The Labute approximate surface area is 91.0 Å². The van der Waals surface area contributed by atoms with Gasteiger partial charge in [0.05, 0.1) is 6.61 Å². The van der Waals surface area contributed by atoms with Gasteiger partial charge in [-0.1, -0.05) is 43.6 Å². The van der Waals surface area contributed by atoms with E-state index in [0.717, 1.165) is 11.6 Å². The summed E-state index contributed by atoms with van der Waals surface area (Å²) in [5, 5.41) is 0.836. The standard InChI is InChI=1S/C12H17ClO/c1-9(2)11(8-14-3)10-6-4-5-7-12(10)13/h4-7,9,11H,8H2,1-3H3. The summed E-state index contributed by atoms with van der Waals surface area (Å²) in [5.74, 6) is 0.920. The van der Waals surface area contributed by atoms with Gasteiger partial charge in [-0.25, -0.2) is 0 Å². The predicted molar refractivity (Wildman–Crippen MR) is 60.9 cm³/mol. The number of rotatable bonds is 4. The first-order chi connectivity index (χ1) is 6.66. The molecule has 1 nitrogen and oxygen atoms in total. The lowest BCUT2D eigenvalue weighted by Gasteiger charge is -2.21. The van der Waals surface area contributed by atoms with Crippen molar-refractivity contribution >= 4 is 11.6 Å². The van der Waals surface area contributed by atoms with E-state index in [9.17, 15) is 0 Å². The summed E-state index contributed by atoms with van der Waals surface area (Å²) in [6.07, 6.45) is 0. The second-order valence-electron chi connectivity index (χ2n) is 3.83. The van der Waals surface area contributed by atoms with Gasteiger partial charge < -0.3 is 4.74 Å². The number of hydrogen-bond acceptors (Lipinski definition) is 1. The van der Waals surface area contributed by atoms with Crippen molar-refractivity contribution in [3.8, 4) is 0 Å². The summed E-state index contributed by atoms with van der Waals surface area (Å²) in [6, 6.07) is 7.98. The first-order valence-electron chi connectivity index (χ1n) is 4.90. The van der Waals surface area contributed by atoms with Crippen LogP contribution in [0.1, 0.15) is 25.3 Å². The van der Waals surface area contributed by atoms with E-state index in [2.05, 4.69) is 19.9 Å². The van der Waals surface area contributed by atoms with Gasteiger partial charge >= 0.3 is 0 Å². The molecule has 0 saturated heterocycles. The quantitative estimate of drug-likeness (QED) is 0.739. The molecule has 1 unspecified atom stereocenters. The maximum atomic E-state index is 6.14. The van der Waals surface area contributed by atoms with E-state index < -0.39 is 0 Å². The second-order valence-corrected chi connectivity index (χ2v) is 4.23. The first-order valence-corrected chi connectivity index (χ1v) is 5.28. The molecule has 0 spiro atoms. The molecule has 0 fully saturated rings. The van der Waals surface area contributed by atoms with Crippen molar-refractivity contribution in [2.45, 2.75) is 19.8 Å². The van der Waals surface area contributed by atoms with E-state index in [4.69, 9.17) is 16.3 Å². The van der Waals surface area contributed by atoms with Crippen molar-refractivity contribution in [2.24, 2.45) is 5.92 Å². The average molecular weight is 213 g/mol. The molecule has 0 radical (unpaired) electrons. The molecule has 0 aromatic heterocycles. The van der Waals surface area contributed by atoms with Crippen molar-refractivity contribution in [3.05, 3.63) is 34.9 Å². The Bertz CT molecular complexity index is 283. The molecule has 0 bridgehead atoms. The molecule has 0 heterocycles. The van der Waals surface area contributed by atoms with Crippen LogP contribution in [-0.4, -0.2) is 13.7 Å². The van der Waals surface area contributed by atoms with Crippen molar-refractivity contribution < 1.29 is 4.74 Å². The highest BCUT2D eigenvalue weighted by Gasteiger charge is 2.17. The number of halogens is 1. The van der Waals surface area contributed by atoms with Crippen LogP contribution in [-0.2, 0) is 4.74 Å². The molecule has 78 valence electrons. The van der Waals surface area contributed by atoms with Crippen LogP contribution >= 0.6 is 11.6 Å². The number of ether oxygens (including phenoxy) is 1. The highest BCUT2D eigenvalue weighted by molar-refractivity contribution is 6.31. The lowest BCUT2D eigenvalue weighted by molar-refractivity contribution is 0.162. The lowest BCUT2D eigenvalue weighted by atomic mass is 9.89. The van der Waals surface area contributed by atoms with Crippen LogP contribution in [0.15, 0.2) is 24.3 Å². The molecule has 1 aromatic carbocycles. The van der Waals surface area contributed by atoms with Gasteiger partial charge in [-0.05, 0) is 17.5 Å². The SMILES string of the molecule is COCC(c1ccccc1Cl)C(C)C. The first kappa shape index (κ1) is 11.5. The third-order valence-electron chi connectivity index (χ3n) is 2.46. The zero-order chi connectivity index (χ0) is 10.6. The third kappa shape index (κ3) is 2.73. The minimum Gasteiger partial charge on any atom is -0.384 e. The Hall–Kier alpha value is -0.530. The second kappa shape index (κ2) is 5.38.